The number of anilines is 1. The van der Waals surface area contributed by atoms with Crippen LogP contribution in [-0.2, 0) is 11.3 Å². The molecule has 0 unspecified atom stereocenters. The largest absolute Gasteiger partial charge is 0.326 e. The van der Waals surface area contributed by atoms with Crippen molar-refractivity contribution in [3.05, 3.63) is 63.1 Å². The van der Waals surface area contributed by atoms with Crippen LogP contribution in [0.15, 0.2) is 36.4 Å². The molecule has 122 valence electrons. The fourth-order valence-corrected chi connectivity index (χ4v) is 2.98. The van der Waals surface area contributed by atoms with Crippen LogP contribution in [-0.4, -0.2) is 22.6 Å². The summed E-state index contributed by atoms with van der Waals surface area (Å²) in [7, 11) is 0. The Kier molecular flexibility index (Phi) is 4.30. The fourth-order valence-electron chi connectivity index (χ4n) is 2.61. The van der Waals surface area contributed by atoms with Gasteiger partial charge in [-0.1, -0.05) is 29.3 Å². The standard InChI is InChI=1S/C17H12Cl2N2O3/c1-9(22)20-14-4-2-3-12-15(14)17(24)21(16(12)23)8-10-7-11(18)5-6-13(10)19/h2-7H,8H2,1H3,(H,20,22). The molecule has 0 aliphatic carbocycles. The first-order chi connectivity index (χ1) is 11.4. The van der Waals surface area contributed by atoms with E-state index in [1.54, 1.807) is 36.4 Å². The molecule has 0 radical (unpaired) electrons. The minimum absolute atomic E-state index is 0.00521. The van der Waals surface area contributed by atoms with Gasteiger partial charge in [-0.2, -0.15) is 0 Å². The number of amides is 3. The second kappa shape index (κ2) is 6.26. The number of benzene rings is 2. The second-order valence-electron chi connectivity index (χ2n) is 5.34. The van der Waals surface area contributed by atoms with E-state index in [1.165, 1.54) is 6.92 Å². The Balaban J connectivity index is 1.98. The van der Waals surface area contributed by atoms with Crippen molar-refractivity contribution in [2.24, 2.45) is 0 Å². The third-order valence-electron chi connectivity index (χ3n) is 3.65. The lowest BCUT2D eigenvalue weighted by atomic mass is 10.1. The van der Waals surface area contributed by atoms with Crippen molar-refractivity contribution < 1.29 is 14.4 Å². The van der Waals surface area contributed by atoms with Crippen LogP contribution >= 0.6 is 23.2 Å². The Labute approximate surface area is 148 Å². The van der Waals surface area contributed by atoms with Crippen LogP contribution in [0.25, 0.3) is 0 Å². The van der Waals surface area contributed by atoms with Gasteiger partial charge in [-0.05, 0) is 35.9 Å². The summed E-state index contributed by atoms with van der Waals surface area (Å²) in [5, 5.41) is 3.45. The smallest absolute Gasteiger partial charge is 0.263 e. The molecule has 5 nitrogen and oxygen atoms in total. The lowest BCUT2D eigenvalue weighted by Gasteiger charge is -2.15. The van der Waals surface area contributed by atoms with Crippen LogP contribution in [0, 0.1) is 0 Å². The average Bonchev–Trinajstić information content (AvgIpc) is 2.76. The Morgan fingerprint density at radius 3 is 2.58 bits per heavy atom. The molecule has 2 aromatic rings. The third-order valence-corrected chi connectivity index (χ3v) is 4.25. The fraction of sp³-hybridized carbons (Fsp3) is 0.118. The van der Waals surface area contributed by atoms with Gasteiger partial charge in [0, 0.05) is 17.0 Å². The van der Waals surface area contributed by atoms with Gasteiger partial charge in [0.25, 0.3) is 11.8 Å². The normalized spacial score (nSPS) is 13.2. The minimum Gasteiger partial charge on any atom is -0.326 e. The number of nitrogens with one attached hydrogen (secondary N) is 1. The molecule has 0 bridgehead atoms. The lowest BCUT2D eigenvalue weighted by Crippen LogP contribution is -2.29. The average molecular weight is 363 g/mol. The first-order valence-electron chi connectivity index (χ1n) is 7.09. The molecule has 0 aromatic heterocycles. The van der Waals surface area contributed by atoms with Crippen molar-refractivity contribution in [2.45, 2.75) is 13.5 Å². The molecule has 3 amide bonds. The van der Waals surface area contributed by atoms with E-state index in [0.29, 0.717) is 21.3 Å². The monoisotopic (exact) mass is 362 g/mol. The zero-order valence-corrected chi connectivity index (χ0v) is 14.1. The Morgan fingerprint density at radius 2 is 1.88 bits per heavy atom. The Bertz CT molecular complexity index is 880. The molecule has 1 N–H and O–H groups in total. The van der Waals surface area contributed by atoms with E-state index in [2.05, 4.69) is 5.32 Å². The maximum Gasteiger partial charge on any atom is 0.263 e. The summed E-state index contributed by atoms with van der Waals surface area (Å²) in [5.41, 5.74) is 1.33. The zero-order chi connectivity index (χ0) is 17.4. The van der Waals surface area contributed by atoms with E-state index in [9.17, 15) is 14.4 Å². The molecule has 0 atom stereocenters. The highest BCUT2D eigenvalue weighted by Crippen LogP contribution is 2.32. The van der Waals surface area contributed by atoms with Gasteiger partial charge in [-0.3, -0.25) is 19.3 Å². The first kappa shape index (κ1) is 16.5. The van der Waals surface area contributed by atoms with Gasteiger partial charge in [0.1, 0.15) is 0 Å². The summed E-state index contributed by atoms with van der Waals surface area (Å²) >= 11 is 12.1. The van der Waals surface area contributed by atoms with Gasteiger partial charge >= 0.3 is 0 Å². The summed E-state index contributed by atoms with van der Waals surface area (Å²) in [6.07, 6.45) is 0. The molecule has 24 heavy (non-hydrogen) atoms. The van der Waals surface area contributed by atoms with Crippen LogP contribution in [0.3, 0.4) is 0 Å². The highest BCUT2D eigenvalue weighted by molar-refractivity contribution is 6.33. The van der Waals surface area contributed by atoms with Gasteiger partial charge in [0.2, 0.25) is 5.91 Å². The van der Waals surface area contributed by atoms with E-state index in [4.69, 9.17) is 23.2 Å². The van der Waals surface area contributed by atoms with Crippen LogP contribution in [0.4, 0.5) is 5.69 Å². The summed E-state index contributed by atoms with van der Waals surface area (Å²) in [6.45, 7) is 1.34. The molecular weight excluding hydrogens is 351 g/mol. The van der Waals surface area contributed by atoms with E-state index in [-0.39, 0.29) is 23.6 Å². The van der Waals surface area contributed by atoms with Crippen molar-refractivity contribution in [2.75, 3.05) is 5.32 Å². The number of hydrogen-bond donors (Lipinski definition) is 1. The van der Waals surface area contributed by atoms with E-state index in [0.717, 1.165) is 4.90 Å². The molecule has 7 heteroatoms. The van der Waals surface area contributed by atoms with Gasteiger partial charge in [0.15, 0.2) is 0 Å². The van der Waals surface area contributed by atoms with Crippen molar-refractivity contribution in [1.82, 2.24) is 4.90 Å². The third kappa shape index (κ3) is 2.88. The highest BCUT2D eigenvalue weighted by atomic mass is 35.5. The predicted octanol–water partition coefficient (Wildman–Crippen LogP) is 3.75. The van der Waals surface area contributed by atoms with E-state index in [1.807, 2.05) is 0 Å². The number of imide groups is 1. The molecular formula is C17H12Cl2N2O3. The van der Waals surface area contributed by atoms with E-state index >= 15 is 0 Å². The molecule has 3 rings (SSSR count). The predicted molar refractivity (Wildman–Crippen MR) is 91.4 cm³/mol. The number of carbonyl (C=O) groups is 3. The van der Waals surface area contributed by atoms with Crippen LogP contribution in [0.1, 0.15) is 33.2 Å². The second-order valence-corrected chi connectivity index (χ2v) is 6.19. The molecule has 1 aliphatic rings. The quantitative estimate of drug-likeness (QED) is 0.845. The molecule has 2 aromatic carbocycles. The van der Waals surface area contributed by atoms with Crippen molar-refractivity contribution in [3.63, 3.8) is 0 Å². The van der Waals surface area contributed by atoms with Crippen LogP contribution in [0.2, 0.25) is 10.0 Å². The van der Waals surface area contributed by atoms with Gasteiger partial charge in [0.05, 0.1) is 23.4 Å². The molecule has 0 spiro atoms. The number of nitrogens with zero attached hydrogens (tertiary/aromatic N) is 1. The molecule has 0 saturated carbocycles. The topological polar surface area (TPSA) is 66.5 Å². The maximum absolute atomic E-state index is 12.7. The SMILES string of the molecule is CC(=O)Nc1cccc2c1C(=O)N(Cc1cc(Cl)ccc1Cl)C2=O. The number of fused-ring (bicyclic) bond motifs is 1. The number of halogens is 2. The molecule has 1 aliphatic heterocycles. The minimum atomic E-state index is -0.476. The maximum atomic E-state index is 12.7. The van der Waals surface area contributed by atoms with Gasteiger partial charge in [-0.25, -0.2) is 0 Å². The summed E-state index contributed by atoms with van der Waals surface area (Å²) in [6, 6.07) is 9.61. The number of carbonyl (C=O) groups excluding carboxylic acids is 3. The van der Waals surface area contributed by atoms with Crippen LogP contribution in [0.5, 0.6) is 0 Å². The summed E-state index contributed by atoms with van der Waals surface area (Å²) < 4.78 is 0. The molecule has 1 heterocycles. The highest BCUT2D eigenvalue weighted by Gasteiger charge is 2.37. The van der Waals surface area contributed by atoms with Gasteiger partial charge in [-0.15, -0.1) is 0 Å². The molecule has 0 fully saturated rings. The Hall–Kier alpha value is -2.37. The summed E-state index contributed by atoms with van der Waals surface area (Å²) in [4.78, 5) is 37.6. The van der Waals surface area contributed by atoms with Crippen molar-refractivity contribution in [3.8, 4) is 0 Å². The zero-order valence-electron chi connectivity index (χ0n) is 12.6. The lowest BCUT2D eigenvalue weighted by molar-refractivity contribution is -0.114. The molecule has 0 saturated heterocycles. The Morgan fingerprint density at radius 1 is 1.12 bits per heavy atom. The van der Waals surface area contributed by atoms with Gasteiger partial charge < -0.3 is 5.32 Å². The van der Waals surface area contributed by atoms with Crippen molar-refractivity contribution >= 4 is 46.6 Å². The van der Waals surface area contributed by atoms with Crippen molar-refractivity contribution in [1.29, 1.82) is 0 Å². The number of rotatable bonds is 3. The number of hydrogen-bond acceptors (Lipinski definition) is 3. The van der Waals surface area contributed by atoms with Crippen LogP contribution < -0.4 is 5.32 Å². The summed E-state index contributed by atoms with van der Waals surface area (Å²) in [5.74, 6) is -1.23. The van der Waals surface area contributed by atoms with E-state index < -0.39 is 11.8 Å². The first-order valence-corrected chi connectivity index (χ1v) is 7.85.